The van der Waals surface area contributed by atoms with Gasteiger partial charge in [0.25, 0.3) is 5.91 Å². The van der Waals surface area contributed by atoms with Crippen LogP contribution in [0.4, 0.5) is 5.69 Å². The highest BCUT2D eigenvalue weighted by Gasteiger charge is 2.33. The molecule has 7 heteroatoms. The van der Waals surface area contributed by atoms with Gasteiger partial charge >= 0.3 is 0 Å². The van der Waals surface area contributed by atoms with Gasteiger partial charge in [0.05, 0.1) is 34.4 Å². The van der Waals surface area contributed by atoms with E-state index in [1.807, 2.05) is 54.6 Å². The van der Waals surface area contributed by atoms with Crippen LogP contribution in [-0.4, -0.2) is 43.3 Å². The lowest BCUT2D eigenvalue weighted by Crippen LogP contribution is -2.32. The van der Waals surface area contributed by atoms with Crippen LogP contribution >= 0.6 is 34.4 Å². The van der Waals surface area contributed by atoms with E-state index in [0.29, 0.717) is 23.2 Å². The molecule has 2 aromatic carbocycles. The first kappa shape index (κ1) is 19.9. The number of thioether (sulfide) groups is 1. The standard InChI is InChI=1S/C20H19IN2O3S/c1-25-11-10-23-19(24)18(13-14-8-9-17(26-2)16(21)12-14)27-20(23)22-15-6-4-3-5-7-15/h3-9,12-13H,10-11H2,1-2H3. The van der Waals surface area contributed by atoms with Crippen LogP contribution in [0, 0.1) is 3.57 Å². The fraction of sp³-hybridized carbons (Fsp3) is 0.200. The number of aliphatic imine (C=N–C) groups is 1. The molecular weight excluding hydrogens is 475 g/mol. The van der Waals surface area contributed by atoms with Gasteiger partial charge in [0.1, 0.15) is 5.75 Å². The largest absolute Gasteiger partial charge is 0.496 e. The minimum absolute atomic E-state index is 0.0578. The van der Waals surface area contributed by atoms with E-state index in [-0.39, 0.29) is 5.91 Å². The summed E-state index contributed by atoms with van der Waals surface area (Å²) in [4.78, 5) is 19.9. The normalized spacial score (nSPS) is 17.1. The molecule has 27 heavy (non-hydrogen) atoms. The van der Waals surface area contributed by atoms with Crippen molar-refractivity contribution in [3.05, 3.63) is 62.6 Å². The molecule has 1 heterocycles. The Hall–Kier alpha value is -1.84. The monoisotopic (exact) mass is 494 g/mol. The number of hydrogen-bond acceptors (Lipinski definition) is 5. The average Bonchev–Trinajstić information content (AvgIpc) is 2.95. The Morgan fingerprint density at radius 1 is 1.19 bits per heavy atom. The highest BCUT2D eigenvalue weighted by atomic mass is 127. The van der Waals surface area contributed by atoms with Gasteiger partial charge in [-0.1, -0.05) is 24.3 Å². The number of ether oxygens (including phenoxy) is 2. The van der Waals surface area contributed by atoms with Gasteiger partial charge in [-0.05, 0) is 70.3 Å². The number of benzene rings is 2. The predicted octanol–water partition coefficient (Wildman–Crippen LogP) is 4.55. The van der Waals surface area contributed by atoms with Crippen molar-refractivity contribution in [1.29, 1.82) is 0 Å². The zero-order valence-corrected chi connectivity index (χ0v) is 18.0. The van der Waals surface area contributed by atoms with Gasteiger partial charge in [-0.3, -0.25) is 9.69 Å². The number of rotatable bonds is 6. The van der Waals surface area contributed by atoms with Crippen LogP contribution in [0.25, 0.3) is 6.08 Å². The Morgan fingerprint density at radius 2 is 1.96 bits per heavy atom. The smallest absolute Gasteiger partial charge is 0.266 e. The molecule has 1 amide bonds. The predicted molar refractivity (Wildman–Crippen MR) is 118 cm³/mol. The number of hydrogen-bond donors (Lipinski definition) is 0. The van der Waals surface area contributed by atoms with E-state index in [0.717, 1.165) is 20.6 Å². The summed E-state index contributed by atoms with van der Waals surface area (Å²) in [6.45, 7) is 0.916. The molecule has 0 bridgehead atoms. The second-order valence-corrected chi connectivity index (χ2v) is 7.86. The number of nitrogens with zero attached hydrogens (tertiary/aromatic N) is 2. The maximum Gasteiger partial charge on any atom is 0.266 e. The van der Waals surface area contributed by atoms with E-state index in [2.05, 4.69) is 27.6 Å². The molecule has 0 aromatic heterocycles. The number of carbonyl (C=O) groups is 1. The molecular formula is C20H19IN2O3S. The third-order valence-corrected chi connectivity index (χ3v) is 5.71. The molecule has 3 rings (SSSR count). The Balaban J connectivity index is 1.92. The molecule has 1 aliphatic heterocycles. The van der Waals surface area contributed by atoms with E-state index in [1.54, 1.807) is 19.1 Å². The van der Waals surface area contributed by atoms with Gasteiger partial charge in [-0.2, -0.15) is 0 Å². The SMILES string of the molecule is COCCN1C(=O)C(=Cc2ccc(OC)c(I)c2)SC1=Nc1ccccc1. The molecule has 140 valence electrons. The summed E-state index contributed by atoms with van der Waals surface area (Å²) in [5, 5.41) is 0.665. The van der Waals surface area contributed by atoms with Gasteiger partial charge in [-0.15, -0.1) is 0 Å². The van der Waals surface area contributed by atoms with Crippen LogP contribution in [0.5, 0.6) is 5.75 Å². The Morgan fingerprint density at radius 3 is 2.63 bits per heavy atom. The highest BCUT2D eigenvalue weighted by Crippen LogP contribution is 2.34. The molecule has 5 nitrogen and oxygen atoms in total. The zero-order chi connectivity index (χ0) is 19.2. The number of amides is 1. The van der Waals surface area contributed by atoms with Crippen molar-refractivity contribution in [3.63, 3.8) is 0 Å². The summed E-state index contributed by atoms with van der Waals surface area (Å²) in [6.07, 6.45) is 1.89. The molecule has 1 aliphatic rings. The summed E-state index contributed by atoms with van der Waals surface area (Å²) in [5.74, 6) is 0.758. The fourth-order valence-corrected chi connectivity index (χ4v) is 4.29. The molecule has 0 aliphatic carbocycles. The zero-order valence-electron chi connectivity index (χ0n) is 15.0. The first-order valence-corrected chi connectivity index (χ1v) is 10.2. The number of amidine groups is 1. The van der Waals surface area contributed by atoms with Crippen molar-refractivity contribution in [1.82, 2.24) is 4.90 Å². The van der Waals surface area contributed by atoms with Gasteiger partial charge in [0.15, 0.2) is 5.17 Å². The molecule has 1 fully saturated rings. The van der Waals surface area contributed by atoms with E-state index in [9.17, 15) is 4.79 Å². The van der Waals surface area contributed by atoms with Crippen molar-refractivity contribution in [2.24, 2.45) is 4.99 Å². The second-order valence-electron chi connectivity index (χ2n) is 5.68. The summed E-state index contributed by atoms with van der Waals surface area (Å²) in [7, 11) is 3.27. The summed E-state index contributed by atoms with van der Waals surface area (Å²) in [6, 6.07) is 15.5. The van der Waals surface area contributed by atoms with Gasteiger partial charge in [-0.25, -0.2) is 4.99 Å². The molecule has 0 atom stereocenters. The van der Waals surface area contributed by atoms with E-state index >= 15 is 0 Å². The van der Waals surface area contributed by atoms with Crippen molar-refractivity contribution < 1.29 is 14.3 Å². The molecule has 0 N–H and O–H groups in total. The first-order chi connectivity index (χ1) is 13.1. The fourth-order valence-electron chi connectivity index (χ4n) is 2.51. The van der Waals surface area contributed by atoms with Gasteiger partial charge in [0.2, 0.25) is 0 Å². The maximum absolute atomic E-state index is 12.9. The summed E-state index contributed by atoms with van der Waals surface area (Å²) in [5.41, 5.74) is 1.76. The third-order valence-electron chi connectivity index (χ3n) is 3.86. The highest BCUT2D eigenvalue weighted by molar-refractivity contribution is 14.1. The first-order valence-electron chi connectivity index (χ1n) is 8.30. The van der Waals surface area contributed by atoms with E-state index in [1.165, 1.54) is 11.8 Å². The van der Waals surface area contributed by atoms with Crippen molar-refractivity contribution in [3.8, 4) is 5.75 Å². The Kier molecular flexibility index (Phi) is 6.92. The van der Waals surface area contributed by atoms with Crippen molar-refractivity contribution >= 4 is 57.2 Å². The Bertz CT molecular complexity index is 884. The van der Waals surface area contributed by atoms with Crippen LogP contribution in [0.3, 0.4) is 0 Å². The van der Waals surface area contributed by atoms with Crippen LogP contribution in [0.2, 0.25) is 0 Å². The number of carbonyl (C=O) groups excluding carboxylic acids is 1. The minimum atomic E-state index is -0.0578. The van der Waals surface area contributed by atoms with E-state index < -0.39 is 0 Å². The lowest BCUT2D eigenvalue weighted by Gasteiger charge is -2.14. The molecule has 1 saturated heterocycles. The van der Waals surface area contributed by atoms with Crippen LogP contribution in [0.1, 0.15) is 5.56 Å². The van der Waals surface area contributed by atoms with Crippen LogP contribution in [-0.2, 0) is 9.53 Å². The topological polar surface area (TPSA) is 51.1 Å². The average molecular weight is 494 g/mol. The van der Waals surface area contributed by atoms with Crippen molar-refractivity contribution in [2.75, 3.05) is 27.4 Å². The van der Waals surface area contributed by atoms with Gasteiger partial charge in [0, 0.05) is 7.11 Å². The molecule has 0 radical (unpaired) electrons. The lowest BCUT2D eigenvalue weighted by molar-refractivity contribution is -0.122. The number of methoxy groups -OCH3 is 2. The quantitative estimate of drug-likeness (QED) is 0.437. The maximum atomic E-state index is 12.9. The van der Waals surface area contributed by atoms with Gasteiger partial charge < -0.3 is 9.47 Å². The molecule has 0 spiro atoms. The second kappa shape index (κ2) is 9.38. The lowest BCUT2D eigenvalue weighted by atomic mass is 10.2. The number of halogens is 1. The minimum Gasteiger partial charge on any atom is -0.496 e. The summed E-state index contributed by atoms with van der Waals surface area (Å²) < 4.78 is 11.4. The van der Waals surface area contributed by atoms with Crippen LogP contribution < -0.4 is 4.74 Å². The number of para-hydroxylation sites is 1. The van der Waals surface area contributed by atoms with Crippen molar-refractivity contribution in [2.45, 2.75) is 0 Å². The van der Waals surface area contributed by atoms with E-state index in [4.69, 9.17) is 9.47 Å². The molecule has 2 aromatic rings. The third kappa shape index (κ3) is 4.91. The van der Waals surface area contributed by atoms with Crippen LogP contribution in [0.15, 0.2) is 58.4 Å². The molecule has 0 saturated carbocycles. The molecule has 0 unspecified atom stereocenters. The Labute approximate surface area is 176 Å². The summed E-state index contributed by atoms with van der Waals surface area (Å²) >= 11 is 3.60.